The molecular formula is C80H152O16. The van der Waals surface area contributed by atoms with Gasteiger partial charge in [-0.1, -0.05) is 113 Å². The quantitative estimate of drug-likeness (QED) is 0.0729. The van der Waals surface area contributed by atoms with Crippen molar-refractivity contribution < 1.29 is 76.3 Å². The van der Waals surface area contributed by atoms with Crippen LogP contribution in [0.5, 0.6) is 0 Å². The lowest BCUT2D eigenvalue weighted by molar-refractivity contribution is -0.208. The van der Waals surface area contributed by atoms with Crippen molar-refractivity contribution in [1.82, 2.24) is 0 Å². The van der Waals surface area contributed by atoms with Crippen LogP contribution in [-0.4, -0.2) is 96.6 Å². The Morgan fingerprint density at radius 2 is 0.656 bits per heavy atom. The average Bonchev–Trinajstić information content (AvgIpc) is 0.737. The Morgan fingerprint density at radius 1 is 0.365 bits per heavy atom. The molecule has 10 aliphatic carbocycles. The summed E-state index contributed by atoms with van der Waals surface area (Å²) in [6.45, 7) is 33.3. The van der Waals surface area contributed by atoms with Gasteiger partial charge in [-0.15, -0.1) is 0 Å². The number of rotatable bonds is 22. The van der Waals surface area contributed by atoms with E-state index >= 15 is 0 Å². The Hall–Kier alpha value is -4.24. The number of ether oxygens (including phenoxy) is 8. The third kappa shape index (κ3) is 26.4. The number of esters is 8. The number of hydrogen-bond acceptors (Lipinski definition) is 16. The molecule has 96 heavy (non-hydrogen) atoms. The number of carbonyl (C=O) groups is 8. The van der Waals surface area contributed by atoms with Gasteiger partial charge in [-0.2, -0.15) is 0 Å². The minimum atomic E-state index is -0.560. The van der Waals surface area contributed by atoms with Gasteiger partial charge < -0.3 is 37.9 Å². The maximum Gasteiger partial charge on any atom is 0.344 e. The first-order valence-electron chi connectivity index (χ1n) is 34.4. The molecule has 10 rings (SSSR count). The second-order valence-corrected chi connectivity index (χ2v) is 32.3. The van der Waals surface area contributed by atoms with Crippen LogP contribution in [0, 0.1) is 74.4 Å². The first kappa shape index (κ1) is 98.1. The van der Waals surface area contributed by atoms with Crippen LogP contribution in [0.3, 0.4) is 0 Å². The minimum Gasteiger partial charge on any atom is -0.457 e. The molecule has 568 valence electrons. The summed E-state index contributed by atoms with van der Waals surface area (Å²) in [5, 5.41) is 0. The first-order valence-corrected chi connectivity index (χ1v) is 34.4. The molecule has 0 heterocycles. The Balaban J connectivity index is -0.000000575. The summed E-state index contributed by atoms with van der Waals surface area (Å²) in [7, 11) is 0. The predicted octanol–water partition coefficient (Wildman–Crippen LogP) is 20.4. The standard InChI is InChI=1S/C21H34O4.C19H30O4.C17H30O4.C15H26O4.8CH4/c1-6-19(2,3)18(23)24-13-17(22)25-20(4,5)21-10-14-7-15(11-21)9-16(8-14)12-21;1-5-18(2,3)17(21)22-11-16(20)23-19(4)14-7-12-6-13(9-14)10-15(19)8-12;1-6-16(2,3)15(19)20-12-14(18)21-17(4,5)13-10-8-7-9-11-13;1-5-14(2,3)13(17)18-11-12(16)19-15(4)9-7-6-8-10-15;;;;;;;;/h14-16H,6-13H2,1-5H3;12-15H,5-11H2,1-4H3;13H,6-12H2,1-5H3;5-11H2,1-4H3;8*1H4. The molecule has 0 saturated heterocycles. The molecule has 10 fully saturated rings. The second-order valence-electron chi connectivity index (χ2n) is 32.3. The van der Waals surface area contributed by atoms with E-state index in [2.05, 4.69) is 20.8 Å². The van der Waals surface area contributed by atoms with Gasteiger partial charge >= 0.3 is 47.8 Å². The van der Waals surface area contributed by atoms with E-state index in [4.69, 9.17) is 37.9 Å². The summed E-state index contributed by atoms with van der Waals surface area (Å²) in [6.07, 6.45) is 27.6. The number of hydrogen-bond donors (Lipinski definition) is 0. The SMILES string of the molecule is C.C.C.C.C.C.C.C.CCC(C)(C)C(=O)OCC(=O)OC(C)(C)C12CC3CC(CC(C3)C1)C2.CCC(C)(C)C(=O)OCC(=O)OC(C)(C)C1CCCCC1.CCC(C)(C)C(=O)OCC(=O)OC1(C)C2CC3CC(C2)CC1C3.CCC(C)(C)C(=O)OCC(=O)OC1(C)CCCCC1. The van der Waals surface area contributed by atoms with E-state index in [0.29, 0.717) is 43.4 Å². The fraction of sp³-hybridized carbons (Fsp3) is 0.900. The third-order valence-corrected chi connectivity index (χ3v) is 23.0. The van der Waals surface area contributed by atoms with Crippen molar-refractivity contribution in [2.75, 3.05) is 26.4 Å². The highest BCUT2D eigenvalue weighted by molar-refractivity contribution is 5.82. The molecule has 10 aliphatic rings. The topological polar surface area (TPSA) is 210 Å². The normalized spacial score (nSPS) is 25.6. The van der Waals surface area contributed by atoms with Crippen molar-refractivity contribution in [2.24, 2.45) is 74.4 Å². The van der Waals surface area contributed by atoms with Crippen LogP contribution < -0.4 is 0 Å². The molecule has 10 saturated carbocycles. The highest BCUT2D eigenvalue weighted by Gasteiger charge is 2.60. The van der Waals surface area contributed by atoms with Gasteiger partial charge in [-0.05, 0) is 279 Å². The van der Waals surface area contributed by atoms with Gasteiger partial charge in [0.05, 0.1) is 21.7 Å². The van der Waals surface area contributed by atoms with Crippen LogP contribution in [-0.2, 0) is 76.3 Å². The second kappa shape index (κ2) is 40.3. The van der Waals surface area contributed by atoms with Crippen LogP contribution in [0.4, 0.5) is 0 Å². The zero-order valence-electron chi connectivity index (χ0n) is 58.2. The lowest BCUT2D eigenvalue weighted by atomic mass is 9.46. The Morgan fingerprint density at radius 3 is 0.990 bits per heavy atom. The van der Waals surface area contributed by atoms with Gasteiger partial charge in [0.25, 0.3) is 0 Å². The van der Waals surface area contributed by atoms with Gasteiger partial charge in [-0.25, -0.2) is 19.2 Å². The van der Waals surface area contributed by atoms with Crippen molar-refractivity contribution in [3.63, 3.8) is 0 Å². The summed E-state index contributed by atoms with van der Waals surface area (Å²) in [4.78, 5) is 95.9. The average molecular weight is 1370 g/mol. The fourth-order valence-corrected chi connectivity index (χ4v) is 15.6. The molecule has 8 bridgehead atoms. The third-order valence-electron chi connectivity index (χ3n) is 23.0. The van der Waals surface area contributed by atoms with E-state index in [1.807, 2.05) is 104 Å². The molecule has 16 heteroatoms. The van der Waals surface area contributed by atoms with Gasteiger partial charge in [0, 0.05) is 5.41 Å². The van der Waals surface area contributed by atoms with Crippen LogP contribution in [0.2, 0.25) is 0 Å². The highest BCUT2D eigenvalue weighted by atomic mass is 16.6. The summed E-state index contributed by atoms with van der Waals surface area (Å²) in [5.41, 5.74) is -3.79. The van der Waals surface area contributed by atoms with Crippen LogP contribution in [0.25, 0.3) is 0 Å². The molecule has 0 unspecified atom stereocenters. The van der Waals surface area contributed by atoms with E-state index < -0.39 is 50.8 Å². The van der Waals surface area contributed by atoms with Crippen LogP contribution in [0.15, 0.2) is 0 Å². The van der Waals surface area contributed by atoms with Crippen molar-refractivity contribution in [2.45, 2.75) is 367 Å². The molecular weight excluding hydrogens is 1220 g/mol. The van der Waals surface area contributed by atoms with Gasteiger partial charge in [0.1, 0.15) is 22.4 Å². The van der Waals surface area contributed by atoms with E-state index in [1.165, 1.54) is 96.3 Å². The Labute approximate surface area is 589 Å². The van der Waals surface area contributed by atoms with Crippen LogP contribution in [0.1, 0.15) is 345 Å². The summed E-state index contributed by atoms with van der Waals surface area (Å²) >= 11 is 0. The maximum atomic E-state index is 12.4. The van der Waals surface area contributed by atoms with Crippen molar-refractivity contribution in [1.29, 1.82) is 0 Å². The van der Waals surface area contributed by atoms with E-state index in [1.54, 1.807) is 0 Å². The maximum absolute atomic E-state index is 12.4. The van der Waals surface area contributed by atoms with E-state index in [0.717, 1.165) is 68.1 Å². The molecule has 16 nitrogen and oxygen atoms in total. The molecule has 0 radical (unpaired) electrons. The first-order chi connectivity index (χ1) is 40.8. The monoisotopic (exact) mass is 1370 g/mol. The van der Waals surface area contributed by atoms with Crippen molar-refractivity contribution in [3.8, 4) is 0 Å². The summed E-state index contributed by atoms with van der Waals surface area (Å²) < 4.78 is 43.3. The van der Waals surface area contributed by atoms with Gasteiger partial charge in [0.2, 0.25) is 0 Å². The van der Waals surface area contributed by atoms with Crippen molar-refractivity contribution in [3.05, 3.63) is 0 Å². The smallest absolute Gasteiger partial charge is 0.344 e. The summed E-state index contributed by atoms with van der Waals surface area (Å²) in [5.74, 6) is 2.45. The van der Waals surface area contributed by atoms with E-state index in [-0.39, 0.29) is 132 Å². The molecule has 0 aromatic heterocycles. The molecule has 0 atom stereocenters. The van der Waals surface area contributed by atoms with Crippen LogP contribution >= 0.6 is 0 Å². The fourth-order valence-electron chi connectivity index (χ4n) is 15.6. The number of carbonyl (C=O) groups excluding carboxylic acids is 8. The minimum absolute atomic E-state index is 0. The largest absolute Gasteiger partial charge is 0.457 e. The molecule has 0 aromatic rings. The summed E-state index contributed by atoms with van der Waals surface area (Å²) in [6, 6.07) is 0. The zero-order chi connectivity index (χ0) is 65.9. The molecule has 0 aliphatic heterocycles. The lowest BCUT2D eigenvalue weighted by Crippen LogP contribution is -2.58. The van der Waals surface area contributed by atoms with Gasteiger partial charge in [0.15, 0.2) is 26.4 Å². The Kier molecular flexibility index (Phi) is 41.2. The van der Waals surface area contributed by atoms with Gasteiger partial charge in [-0.3, -0.25) is 19.2 Å². The Bertz CT molecular complexity index is 2320. The molecule has 0 amide bonds. The lowest BCUT2D eigenvalue weighted by Gasteiger charge is -2.61. The molecule has 0 spiro atoms. The van der Waals surface area contributed by atoms with Crippen molar-refractivity contribution >= 4 is 47.8 Å². The zero-order valence-corrected chi connectivity index (χ0v) is 58.2. The van der Waals surface area contributed by atoms with E-state index in [9.17, 15) is 38.4 Å². The predicted molar refractivity (Wildman–Crippen MR) is 391 cm³/mol. The molecule has 0 N–H and O–H groups in total. The molecule has 0 aromatic carbocycles. The highest BCUT2D eigenvalue weighted by Crippen LogP contribution is 2.64.